The fourth-order valence-electron chi connectivity index (χ4n) is 1.20. The zero-order valence-corrected chi connectivity index (χ0v) is 7.63. The quantitative estimate of drug-likeness (QED) is 0.770. The van der Waals surface area contributed by atoms with Gasteiger partial charge in [-0.1, -0.05) is 15.9 Å². The number of nitrogens with zero attached hydrogens (tertiary/aromatic N) is 1. The average molecular weight is 213 g/mol. The molecule has 1 fully saturated rings. The number of halogens is 1. The summed E-state index contributed by atoms with van der Waals surface area (Å²) in [5, 5.41) is 3.33. The van der Waals surface area contributed by atoms with Gasteiger partial charge in [-0.2, -0.15) is 0 Å². The van der Waals surface area contributed by atoms with Crippen LogP contribution in [-0.4, -0.2) is 11.5 Å². The SMILES string of the molecule is Brc1ccncc1[C@@H]1CCN1. The monoisotopic (exact) mass is 212 g/mol. The summed E-state index contributed by atoms with van der Waals surface area (Å²) in [5.41, 5.74) is 1.28. The fraction of sp³-hybridized carbons (Fsp3) is 0.375. The van der Waals surface area contributed by atoms with E-state index < -0.39 is 0 Å². The molecule has 3 heteroatoms. The van der Waals surface area contributed by atoms with Crippen molar-refractivity contribution in [2.75, 3.05) is 6.54 Å². The Bertz CT molecular complexity index is 258. The summed E-state index contributed by atoms with van der Waals surface area (Å²) < 4.78 is 1.16. The summed E-state index contributed by atoms with van der Waals surface area (Å²) in [6.07, 6.45) is 4.94. The predicted octanol–water partition coefficient (Wildman–Crippen LogP) is 1.88. The van der Waals surface area contributed by atoms with Crippen LogP contribution in [0.2, 0.25) is 0 Å². The molecule has 0 spiro atoms. The lowest BCUT2D eigenvalue weighted by Gasteiger charge is -2.28. The summed E-state index contributed by atoms with van der Waals surface area (Å²) in [6.45, 7) is 1.13. The molecule has 0 unspecified atom stereocenters. The Hall–Kier alpha value is -0.410. The Kier molecular flexibility index (Phi) is 1.92. The highest BCUT2D eigenvalue weighted by Crippen LogP contribution is 2.28. The normalized spacial score (nSPS) is 22.8. The van der Waals surface area contributed by atoms with Crippen molar-refractivity contribution in [3.05, 3.63) is 28.5 Å². The van der Waals surface area contributed by atoms with E-state index in [9.17, 15) is 0 Å². The summed E-state index contributed by atoms with van der Waals surface area (Å²) >= 11 is 3.49. The van der Waals surface area contributed by atoms with E-state index in [1.807, 2.05) is 12.3 Å². The van der Waals surface area contributed by atoms with Crippen molar-refractivity contribution in [2.45, 2.75) is 12.5 Å². The molecule has 2 heterocycles. The molecule has 2 rings (SSSR count). The van der Waals surface area contributed by atoms with Gasteiger partial charge in [-0.3, -0.25) is 4.98 Å². The largest absolute Gasteiger partial charge is 0.310 e. The highest BCUT2D eigenvalue weighted by molar-refractivity contribution is 9.10. The van der Waals surface area contributed by atoms with Gasteiger partial charge in [-0.25, -0.2) is 0 Å². The molecule has 58 valence electrons. The van der Waals surface area contributed by atoms with Crippen LogP contribution in [0.15, 0.2) is 22.9 Å². The number of rotatable bonds is 1. The van der Waals surface area contributed by atoms with Crippen molar-refractivity contribution in [1.29, 1.82) is 0 Å². The van der Waals surface area contributed by atoms with Crippen molar-refractivity contribution in [3.8, 4) is 0 Å². The molecule has 0 radical (unpaired) electrons. The van der Waals surface area contributed by atoms with Gasteiger partial charge in [0.2, 0.25) is 0 Å². The summed E-state index contributed by atoms with van der Waals surface area (Å²) in [5.74, 6) is 0. The topological polar surface area (TPSA) is 24.9 Å². The molecule has 11 heavy (non-hydrogen) atoms. The van der Waals surface area contributed by atoms with E-state index >= 15 is 0 Å². The molecule has 1 aromatic heterocycles. The molecule has 0 saturated carbocycles. The minimum absolute atomic E-state index is 0.526. The standard InChI is InChI=1S/C8H9BrN2/c9-7-1-3-10-5-6(7)8-2-4-11-8/h1,3,5,8,11H,2,4H2/t8-/m0/s1. The first-order valence-corrected chi connectivity index (χ1v) is 4.50. The van der Waals surface area contributed by atoms with E-state index in [1.165, 1.54) is 12.0 Å². The van der Waals surface area contributed by atoms with Crippen molar-refractivity contribution in [3.63, 3.8) is 0 Å². The van der Waals surface area contributed by atoms with E-state index in [-0.39, 0.29) is 0 Å². The maximum atomic E-state index is 4.08. The molecule has 0 aliphatic carbocycles. The third kappa shape index (κ3) is 1.30. The second-order valence-electron chi connectivity index (χ2n) is 2.69. The lowest BCUT2D eigenvalue weighted by molar-refractivity contribution is 0.381. The summed E-state index contributed by atoms with van der Waals surface area (Å²) in [4.78, 5) is 4.08. The Balaban J connectivity index is 2.28. The zero-order chi connectivity index (χ0) is 7.68. The van der Waals surface area contributed by atoms with Gasteiger partial charge in [-0.05, 0) is 19.0 Å². The number of hydrogen-bond donors (Lipinski definition) is 1. The van der Waals surface area contributed by atoms with E-state index in [2.05, 4.69) is 26.2 Å². The molecular weight excluding hydrogens is 204 g/mol. The van der Waals surface area contributed by atoms with Crippen LogP contribution in [0, 0.1) is 0 Å². The molecule has 1 N–H and O–H groups in total. The smallest absolute Gasteiger partial charge is 0.0358 e. The second kappa shape index (κ2) is 2.91. The minimum Gasteiger partial charge on any atom is -0.310 e. The molecule has 0 amide bonds. The molecule has 0 bridgehead atoms. The first-order chi connectivity index (χ1) is 5.38. The van der Waals surface area contributed by atoms with Gasteiger partial charge >= 0.3 is 0 Å². The van der Waals surface area contributed by atoms with Gasteiger partial charge in [0.25, 0.3) is 0 Å². The first kappa shape index (κ1) is 7.25. The number of nitrogens with one attached hydrogen (secondary N) is 1. The molecule has 2 nitrogen and oxygen atoms in total. The van der Waals surface area contributed by atoms with E-state index in [0.717, 1.165) is 11.0 Å². The number of pyridine rings is 1. The minimum atomic E-state index is 0.526. The van der Waals surface area contributed by atoms with Crippen LogP contribution in [0.1, 0.15) is 18.0 Å². The molecule has 1 atom stereocenters. The van der Waals surface area contributed by atoms with Crippen molar-refractivity contribution in [1.82, 2.24) is 10.3 Å². The highest BCUT2D eigenvalue weighted by Gasteiger charge is 2.20. The van der Waals surface area contributed by atoms with E-state index in [0.29, 0.717) is 6.04 Å². The third-order valence-electron chi connectivity index (χ3n) is 2.00. The predicted molar refractivity (Wildman–Crippen MR) is 47.3 cm³/mol. The Morgan fingerprint density at radius 1 is 1.64 bits per heavy atom. The second-order valence-corrected chi connectivity index (χ2v) is 3.55. The first-order valence-electron chi connectivity index (χ1n) is 3.71. The van der Waals surface area contributed by atoms with Crippen molar-refractivity contribution >= 4 is 15.9 Å². The van der Waals surface area contributed by atoms with Crippen molar-refractivity contribution in [2.24, 2.45) is 0 Å². The van der Waals surface area contributed by atoms with Crippen LogP contribution >= 0.6 is 15.9 Å². The Morgan fingerprint density at radius 3 is 3.00 bits per heavy atom. The lowest BCUT2D eigenvalue weighted by Crippen LogP contribution is -2.35. The molecular formula is C8H9BrN2. The lowest BCUT2D eigenvalue weighted by atomic mass is 10.0. The highest BCUT2D eigenvalue weighted by atomic mass is 79.9. The van der Waals surface area contributed by atoms with Gasteiger partial charge in [0.1, 0.15) is 0 Å². The number of hydrogen-bond acceptors (Lipinski definition) is 2. The van der Waals surface area contributed by atoms with Crippen LogP contribution < -0.4 is 5.32 Å². The maximum Gasteiger partial charge on any atom is 0.0358 e. The van der Waals surface area contributed by atoms with Gasteiger partial charge in [0.05, 0.1) is 0 Å². The van der Waals surface area contributed by atoms with Crippen LogP contribution in [0.25, 0.3) is 0 Å². The van der Waals surface area contributed by atoms with Crippen LogP contribution in [0.4, 0.5) is 0 Å². The third-order valence-corrected chi connectivity index (χ3v) is 2.72. The van der Waals surface area contributed by atoms with Gasteiger partial charge in [-0.15, -0.1) is 0 Å². The summed E-state index contributed by atoms with van der Waals surface area (Å²) in [6, 6.07) is 2.51. The number of aromatic nitrogens is 1. The Labute approximate surface area is 74.2 Å². The van der Waals surface area contributed by atoms with Gasteiger partial charge in [0.15, 0.2) is 0 Å². The van der Waals surface area contributed by atoms with E-state index in [4.69, 9.17) is 0 Å². The van der Waals surface area contributed by atoms with Crippen LogP contribution in [-0.2, 0) is 0 Å². The molecule has 1 aromatic rings. The fourth-order valence-corrected chi connectivity index (χ4v) is 1.70. The van der Waals surface area contributed by atoms with Crippen molar-refractivity contribution < 1.29 is 0 Å². The molecule has 1 aliphatic heterocycles. The average Bonchev–Trinajstić information content (AvgIpc) is 1.90. The van der Waals surface area contributed by atoms with E-state index in [1.54, 1.807) is 6.20 Å². The Morgan fingerprint density at radius 2 is 2.45 bits per heavy atom. The molecule has 1 saturated heterocycles. The van der Waals surface area contributed by atoms with Gasteiger partial charge < -0.3 is 5.32 Å². The van der Waals surface area contributed by atoms with Gasteiger partial charge in [0, 0.05) is 28.5 Å². The van der Waals surface area contributed by atoms with Crippen LogP contribution in [0.5, 0.6) is 0 Å². The zero-order valence-electron chi connectivity index (χ0n) is 6.05. The van der Waals surface area contributed by atoms with Crippen LogP contribution in [0.3, 0.4) is 0 Å². The summed E-state index contributed by atoms with van der Waals surface area (Å²) in [7, 11) is 0. The maximum absolute atomic E-state index is 4.08. The molecule has 0 aromatic carbocycles. The molecule has 1 aliphatic rings.